The second kappa shape index (κ2) is 7.37. The van der Waals surface area contributed by atoms with Crippen molar-refractivity contribution in [1.82, 2.24) is 4.90 Å². The molecular formula is C18H24ClNO3. The number of rotatable bonds is 2. The van der Waals surface area contributed by atoms with Crippen molar-refractivity contribution in [2.45, 2.75) is 45.8 Å². The predicted molar refractivity (Wildman–Crippen MR) is 92.4 cm³/mol. The van der Waals surface area contributed by atoms with Crippen LogP contribution >= 0.6 is 11.6 Å². The molecule has 4 nitrogen and oxygen atoms in total. The molecule has 1 aliphatic heterocycles. The number of benzene rings is 1. The summed E-state index contributed by atoms with van der Waals surface area (Å²) in [5, 5.41) is 10.2. The summed E-state index contributed by atoms with van der Waals surface area (Å²) in [7, 11) is 0. The molecule has 0 spiro atoms. The second-order valence-electron chi connectivity index (χ2n) is 6.72. The van der Waals surface area contributed by atoms with Crippen molar-refractivity contribution in [3.63, 3.8) is 0 Å². The van der Waals surface area contributed by atoms with Crippen molar-refractivity contribution in [2.24, 2.45) is 0 Å². The Balaban J connectivity index is 2.18. The molecule has 1 amide bonds. The summed E-state index contributed by atoms with van der Waals surface area (Å²) in [6.45, 7) is 6.72. The van der Waals surface area contributed by atoms with Crippen LogP contribution < -0.4 is 0 Å². The molecule has 1 N–H and O–H groups in total. The van der Waals surface area contributed by atoms with Crippen LogP contribution in [0.2, 0.25) is 5.02 Å². The van der Waals surface area contributed by atoms with E-state index in [0.29, 0.717) is 18.1 Å². The molecule has 0 atom stereocenters. The minimum Gasteiger partial charge on any atom is -0.444 e. The molecule has 0 bridgehead atoms. The number of halogens is 1. The first kappa shape index (κ1) is 17.8. The maximum Gasteiger partial charge on any atom is 0.410 e. The Labute approximate surface area is 142 Å². The van der Waals surface area contributed by atoms with Gasteiger partial charge in [0.1, 0.15) is 5.60 Å². The summed E-state index contributed by atoms with van der Waals surface area (Å²) in [6, 6.07) is 5.50. The lowest BCUT2D eigenvalue weighted by Crippen LogP contribution is -2.37. The van der Waals surface area contributed by atoms with Gasteiger partial charge in [-0.25, -0.2) is 4.79 Å². The summed E-state index contributed by atoms with van der Waals surface area (Å²) in [5.41, 5.74) is 2.44. The van der Waals surface area contributed by atoms with Gasteiger partial charge in [0.25, 0.3) is 0 Å². The highest BCUT2D eigenvalue weighted by Crippen LogP contribution is 2.28. The third-order valence-electron chi connectivity index (χ3n) is 3.67. The number of carbonyl (C=O) groups is 1. The quantitative estimate of drug-likeness (QED) is 0.877. The van der Waals surface area contributed by atoms with Gasteiger partial charge in [-0.05, 0) is 62.4 Å². The molecular weight excluding hydrogens is 314 g/mol. The van der Waals surface area contributed by atoms with Gasteiger partial charge >= 0.3 is 6.09 Å². The summed E-state index contributed by atoms with van der Waals surface area (Å²) < 4.78 is 5.43. The lowest BCUT2D eigenvalue weighted by Gasteiger charge is -2.25. The van der Waals surface area contributed by atoms with Crippen LogP contribution in [0.5, 0.6) is 0 Å². The van der Waals surface area contributed by atoms with Crippen molar-refractivity contribution in [3.8, 4) is 0 Å². The van der Waals surface area contributed by atoms with Crippen molar-refractivity contribution < 1.29 is 14.6 Å². The molecule has 5 heteroatoms. The number of aliphatic hydroxyl groups is 1. The first-order chi connectivity index (χ1) is 10.8. The van der Waals surface area contributed by atoms with Gasteiger partial charge in [0.05, 0.1) is 6.61 Å². The smallest absolute Gasteiger partial charge is 0.410 e. The molecule has 23 heavy (non-hydrogen) atoms. The van der Waals surface area contributed by atoms with Crippen molar-refractivity contribution in [2.75, 3.05) is 13.1 Å². The molecule has 0 aliphatic carbocycles. The Kier molecular flexibility index (Phi) is 5.71. The Hall–Kier alpha value is -1.52. The van der Waals surface area contributed by atoms with Crippen LogP contribution in [0.25, 0.3) is 5.57 Å². The molecule has 0 fully saturated rings. The number of carbonyl (C=O) groups excluding carboxylic acids is 1. The third kappa shape index (κ3) is 4.98. The minimum atomic E-state index is -0.493. The Morgan fingerprint density at radius 3 is 2.78 bits per heavy atom. The molecule has 0 aromatic heterocycles. The van der Waals surface area contributed by atoms with Gasteiger partial charge in [0, 0.05) is 18.1 Å². The topological polar surface area (TPSA) is 49.8 Å². The van der Waals surface area contributed by atoms with Crippen LogP contribution in [0.3, 0.4) is 0 Å². The third-order valence-corrected chi connectivity index (χ3v) is 3.91. The normalized spacial score (nSPS) is 15.9. The van der Waals surface area contributed by atoms with E-state index in [4.69, 9.17) is 16.3 Å². The van der Waals surface area contributed by atoms with E-state index < -0.39 is 5.60 Å². The van der Waals surface area contributed by atoms with Crippen LogP contribution in [-0.2, 0) is 11.3 Å². The fourth-order valence-electron chi connectivity index (χ4n) is 2.60. The van der Waals surface area contributed by atoms with E-state index in [1.807, 2.05) is 39.0 Å². The first-order valence-corrected chi connectivity index (χ1v) is 8.24. The zero-order valence-corrected chi connectivity index (χ0v) is 14.7. The molecule has 2 rings (SSSR count). The minimum absolute atomic E-state index is 0.0282. The van der Waals surface area contributed by atoms with Crippen LogP contribution in [0.1, 0.15) is 44.7 Å². The van der Waals surface area contributed by atoms with E-state index >= 15 is 0 Å². The molecule has 0 saturated heterocycles. The van der Waals surface area contributed by atoms with Gasteiger partial charge in [-0.15, -0.1) is 0 Å². The summed E-state index contributed by atoms with van der Waals surface area (Å²) in [4.78, 5) is 13.9. The maximum atomic E-state index is 12.2. The van der Waals surface area contributed by atoms with Crippen LogP contribution in [0.4, 0.5) is 4.79 Å². The number of allylic oxidation sites excluding steroid dienone is 1. The van der Waals surface area contributed by atoms with Crippen molar-refractivity contribution >= 4 is 23.3 Å². The molecule has 0 saturated carbocycles. The number of amides is 1. The van der Waals surface area contributed by atoms with E-state index in [9.17, 15) is 9.90 Å². The maximum absolute atomic E-state index is 12.2. The number of ether oxygens (including phenoxy) is 1. The SMILES string of the molecule is CC(C)(C)OC(=O)N1CC=C(c2cc(Cl)ccc2CO)CCC1. The second-order valence-corrected chi connectivity index (χ2v) is 7.16. The predicted octanol–water partition coefficient (Wildman–Crippen LogP) is 4.25. The van der Waals surface area contributed by atoms with Crippen molar-refractivity contribution in [3.05, 3.63) is 40.4 Å². The largest absolute Gasteiger partial charge is 0.444 e. The summed E-state index contributed by atoms with van der Waals surface area (Å²) >= 11 is 6.09. The Morgan fingerprint density at radius 2 is 2.13 bits per heavy atom. The van der Waals surface area contributed by atoms with Crippen LogP contribution in [-0.4, -0.2) is 34.8 Å². The highest BCUT2D eigenvalue weighted by molar-refractivity contribution is 6.30. The van der Waals surface area contributed by atoms with E-state index in [-0.39, 0.29) is 12.7 Å². The van der Waals surface area contributed by atoms with E-state index in [1.165, 1.54) is 0 Å². The van der Waals surface area contributed by atoms with Gasteiger partial charge in [0.15, 0.2) is 0 Å². The van der Waals surface area contributed by atoms with Gasteiger partial charge in [-0.2, -0.15) is 0 Å². The summed E-state index contributed by atoms with van der Waals surface area (Å²) in [6.07, 6.45) is 3.43. The van der Waals surface area contributed by atoms with Gasteiger partial charge < -0.3 is 14.7 Å². The molecule has 1 heterocycles. The van der Waals surface area contributed by atoms with E-state index in [0.717, 1.165) is 29.5 Å². The van der Waals surface area contributed by atoms with Gasteiger partial charge in [-0.1, -0.05) is 23.7 Å². The lowest BCUT2D eigenvalue weighted by molar-refractivity contribution is 0.0273. The van der Waals surface area contributed by atoms with Crippen molar-refractivity contribution in [1.29, 1.82) is 0 Å². The van der Waals surface area contributed by atoms with Crippen LogP contribution in [0, 0.1) is 0 Å². The average molecular weight is 338 g/mol. The zero-order valence-electron chi connectivity index (χ0n) is 13.9. The first-order valence-electron chi connectivity index (χ1n) is 7.87. The molecule has 1 aromatic carbocycles. The van der Waals surface area contributed by atoms with E-state index in [1.54, 1.807) is 11.0 Å². The van der Waals surface area contributed by atoms with Crippen LogP contribution in [0.15, 0.2) is 24.3 Å². The summed E-state index contributed by atoms with van der Waals surface area (Å²) in [5.74, 6) is 0. The lowest BCUT2D eigenvalue weighted by atomic mass is 9.96. The number of hydrogen-bond acceptors (Lipinski definition) is 3. The number of hydrogen-bond donors (Lipinski definition) is 1. The fraction of sp³-hybridized carbons (Fsp3) is 0.500. The molecule has 0 radical (unpaired) electrons. The van der Waals surface area contributed by atoms with Gasteiger partial charge in [-0.3, -0.25) is 0 Å². The average Bonchev–Trinajstić information content (AvgIpc) is 2.71. The Morgan fingerprint density at radius 1 is 1.39 bits per heavy atom. The molecule has 1 aliphatic rings. The zero-order chi connectivity index (χ0) is 17.0. The van der Waals surface area contributed by atoms with E-state index in [2.05, 4.69) is 0 Å². The standard InChI is InChI=1S/C18H24ClNO3/c1-18(2,3)23-17(22)20-9-4-5-13(8-10-20)16-11-15(19)7-6-14(16)12-21/h6-8,11,21H,4-5,9-10,12H2,1-3H3. The highest BCUT2D eigenvalue weighted by atomic mass is 35.5. The molecule has 0 unspecified atom stereocenters. The number of aliphatic hydroxyl groups excluding tert-OH is 1. The fourth-order valence-corrected chi connectivity index (χ4v) is 2.77. The molecule has 126 valence electrons. The van der Waals surface area contributed by atoms with Gasteiger partial charge in [0.2, 0.25) is 0 Å². The Bertz CT molecular complexity index is 605. The highest BCUT2D eigenvalue weighted by Gasteiger charge is 2.23. The monoisotopic (exact) mass is 337 g/mol. The molecule has 1 aromatic rings. The number of nitrogens with zero attached hydrogens (tertiary/aromatic N) is 1.